The molecule has 42 valence electrons. The van der Waals surface area contributed by atoms with E-state index in [4.69, 9.17) is 16.7 Å². The Balaban J connectivity index is 0. The molecule has 0 aliphatic rings. The highest BCUT2D eigenvalue weighted by Crippen LogP contribution is 1.92. The third kappa shape index (κ3) is 5.46. The monoisotopic (exact) mass is 123 g/mol. The van der Waals surface area contributed by atoms with Crippen molar-refractivity contribution in [3.05, 3.63) is 11.6 Å². The van der Waals surface area contributed by atoms with Crippen molar-refractivity contribution in [2.45, 2.75) is 0 Å². The molecule has 7 heavy (non-hydrogen) atoms. The molecule has 0 aromatic carbocycles. The minimum atomic E-state index is -1.17. The van der Waals surface area contributed by atoms with Crippen molar-refractivity contribution in [2.75, 3.05) is 0 Å². The molecule has 0 rings (SSSR count). The van der Waals surface area contributed by atoms with Crippen LogP contribution in [0.1, 0.15) is 0 Å². The Morgan fingerprint density at radius 2 is 1.86 bits per heavy atom. The normalized spacial score (nSPS) is 6.43. The molecule has 0 fully saturated rings. The van der Waals surface area contributed by atoms with E-state index in [1.807, 2.05) is 0 Å². The summed E-state index contributed by atoms with van der Waals surface area (Å²) in [6, 6.07) is 0. The van der Waals surface area contributed by atoms with Gasteiger partial charge in [-0.2, -0.15) is 0 Å². The largest absolute Gasteiger partial charge is 0.477 e. The fraction of sp³-hybridized carbons (Fsp3) is 0. The molecule has 0 amide bonds. The van der Waals surface area contributed by atoms with E-state index < -0.39 is 5.97 Å². The first-order chi connectivity index (χ1) is 2.64. The summed E-state index contributed by atoms with van der Waals surface area (Å²) in [4.78, 5) is 9.47. The van der Waals surface area contributed by atoms with Gasteiger partial charge in [0.15, 0.2) is 0 Å². The Kier molecular flexibility index (Phi) is 5.04. The van der Waals surface area contributed by atoms with Gasteiger partial charge in [-0.05, 0) is 0 Å². The predicted molar refractivity (Wildman–Crippen MR) is 27.7 cm³/mol. The minimum absolute atomic E-state index is 0. The first kappa shape index (κ1) is 9.68. The molecule has 0 saturated carbocycles. The van der Waals surface area contributed by atoms with E-state index in [1.165, 1.54) is 0 Å². The van der Waals surface area contributed by atoms with E-state index in [0.717, 1.165) is 0 Å². The average Bonchev–Trinajstić information content (AvgIpc) is 1.36. The van der Waals surface area contributed by atoms with Gasteiger partial charge in [-0.3, -0.25) is 0 Å². The van der Waals surface area contributed by atoms with Gasteiger partial charge in [-0.15, -0.1) is 0 Å². The van der Waals surface area contributed by atoms with Gasteiger partial charge in [-0.1, -0.05) is 18.2 Å². The third-order valence-corrected chi connectivity index (χ3v) is 0.394. The van der Waals surface area contributed by atoms with Gasteiger partial charge in [0.1, 0.15) is 5.03 Å². The van der Waals surface area contributed by atoms with Crippen LogP contribution >= 0.6 is 11.6 Å². The Morgan fingerprint density at radius 1 is 1.71 bits per heavy atom. The van der Waals surface area contributed by atoms with Gasteiger partial charge in [0, 0.05) is 0 Å². The predicted octanol–water partition coefficient (Wildman–Crippen LogP) is 0.985. The highest BCUT2D eigenvalue weighted by atomic mass is 35.5. The molecule has 0 bridgehead atoms. The number of hydrogen-bond donors (Lipinski definition) is 2. The SMILES string of the molecule is C=C(Cl)C(=O)O.N. The Bertz CT molecular complexity index is 78.9. The van der Waals surface area contributed by atoms with Crippen LogP contribution in [-0.2, 0) is 4.79 Å². The van der Waals surface area contributed by atoms with Gasteiger partial charge < -0.3 is 11.3 Å². The molecule has 0 aromatic heterocycles. The number of carboxylic acids is 1. The number of halogens is 1. The maximum Gasteiger partial charge on any atom is 0.346 e. The van der Waals surface area contributed by atoms with Crippen LogP contribution in [0.4, 0.5) is 0 Å². The fourth-order valence-corrected chi connectivity index (χ4v) is 0. The number of carboxylic acid groups (broad SMARTS) is 1. The Labute approximate surface area is 46.2 Å². The molecule has 4 heteroatoms. The van der Waals surface area contributed by atoms with Crippen LogP contribution < -0.4 is 6.15 Å². The fourth-order valence-electron chi connectivity index (χ4n) is 0. The van der Waals surface area contributed by atoms with Crippen molar-refractivity contribution in [3.8, 4) is 0 Å². The maximum atomic E-state index is 9.47. The van der Waals surface area contributed by atoms with Crippen LogP contribution in [0.3, 0.4) is 0 Å². The summed E-state index contributed by atoms with van der Waals surface area (Å²) in [6.07, 6.45) is 0. The second kappa shape index (κ2) is 3.64. The quantitative estimate of drug-likeness (QED) is 0.511. The topological polar surface area (TPSA) is 72.3 Å². The van der Waals surface area contributed by atoms with Crippen LogP contribution in [0, 0.1) is 0 Å². The molecular weight excluding hydrogens is 117 g/mol. The number of aliphatic carboxylic acids is 1. The molecule has 3 nitrogen and oxygen atoms in total. The van der Waals surface area contributed by atoms with Crippen LogP contribution in [0.15, 0.2) is 11.6 Å². The standard InChI is InChI=1S/C3H3ClO2.H3N/c1-2(4)3(5)6;/h1H2,(H,5,6);1H3. The zero-order chi connectivity index (χ0) is 5.15. The van der Waals surface area contributed by atoms with Crippen LogP contribution in [-0.4, -0.2) is 11.1 Å². The zero-order valence-corrected chi connectivity index (χ0v) is 4.40. The summed E-state index contributed by atoms with van der Waals surface area (Å²) in [6.45, 7) is 2.92. The lowest BCUT2D eigenvalue weighted by Crippen LogP contribution is -1.89. The summed E-state index contributed by atoms with van der Waals surface area (Å²) in [7, 11) is 0. The molecule has 0 saturated heterocycles. The minimum Gasteiger partial charge on any atom is -0.477 e. The molecule has 4 N–H and O–H groups in total. The Hall–Kier alpha value is -0.540. The van der Waals surface area contributed by atoms with E-state index in [1.54, 1.807) is 0 Å². The maximum absolute atomic E-state index is 9.47. The second-order valence-corrected chi connectivity index (χ2v) is 1.17. The smallest absolute Gasteiger partial charge is 0.346 e. The van der Waals surface area contributed by atoms with Gasteiger partial charge in [0.2, 0.25) is 0 Å². The number of carbonyl (C=O) groups is 1. The number of rotatable bonds is 1. The molecule has 0 radical (unpaired) electrons. The van der Waals surface area contributed by atoms with Crippen molar-refractivity contribution in [2.24, 2.45) is 0 Å². The van der Waals surface area contributed by atoms with Crippen molar-refractivity contribution < 1.29 is 9.90 Å². The highest BCUT2D eigenvalue weighted by Gasteiger charge is 1.93. The van der Waals surface area contributed by atoms with Crippen LogP contribution in [0.2, 0.25) is 0 Å². The molecule has 0 aliphatic heterocycles. The van der Waals surface area contributed by atoms with Crippen molar-refractivity contribution in [1.82, 2.24) is 6.15 Å². The molecule has 0 spiro atoms. The van der Waals surface area contributed by atoms with Crippen molar-refractivity contribution >= 4 is 17.6 Å². The van der Waals surface area contributed by atoms with Crippen molar-refractivity contribution in [3.63, 3.8) is 0 Å². The summed E-state index contributed by atoms with van der Waals surface area (Å²) >= 11 is 4.82. The highest BCUT2D eigenvalue weighted by molar-refractivity contribution is 6.40. The van der Waals surface area contributed by atoms with Crippen molar-refractivity contribution in [1.29, 1.82) is 0 Å². The lowest BCUT2D eigenvalue weighted by atomic mass is 10.7. The number of hydrogen-bond acceptors (Lipinski definition) is 2. The average molecular weight is 124 g/mol. The lowest BCUT2D eigenvalue weighted by molar-refractivity contribution is -0.131. The van der Waals surface area contributed by atoms with E-state index in [9.17, 15) is 4.79 Å². The van der Waals surface area contributed by atoms with Gasteiger partial charge in [0.25, 0.3) is 0 Å². The molecule has 0 atom stereocenters. The van der Waals surface area contributed by atoms with E-state index in [-0.39, 0.29) is 11.2 Å². The second-order valence-electron chi connectivity index (χ2n) is 0.710. The van der Waals surface area contributed by atoms with Gasteiger partial charge in [-0.25, -0.2) is 4.79 Å². The zero-order valence-electron chi connectivity index (χ0n) is 3.65. The van der Waals surface area contributed by atoms with Crippen LogP contribution in [0.25, 0.3) is 0 Å². The van der Waals surface area contributed by atoms with Gasteiger partial charge >= 0.3 is 5.97 Å². The van der Waals surface area contributed by atoms with Gasteiger partial charge in [0.05, 0.1) is 0 Å². The summed E-state index contributed by atoms with van der Waals surface area (Å²) in [5, 5.41) is 7.41. The van der Waals surface area contributed by atoms with E-state index in [0.29, 0.717) is 0 Å². The lowest BCUT2D eigenvalue weighted by Gasteiger charge is -1.76. The summed E-state index contributed by atoms with van der Waals surface area (Å²) in [5.74, 6) is -1.17. The molecule has 0 aliphatic carbocycles. The molecule has 0 heterocycles. The molecule has 0 unspecified atom stereocenters. The van der Waals surface area contributed by atoms with Crippen LogP contribution in [0.5, 0.6) is 0 Å². The summed E-state index contributed by atoms with van der Waals surface area (Å²) in [5.41, 5.74) is 0. The molecular formula is C3H6ClNO2. The molecule has 0 aromatic rings. The first-order valence-corrected chi connectivity index (χ1v) is 1.60. The summed E-state index contributed by atoms with van der Waals surface area (Å²) < 4.78 is 0. The van der Waals surface area contributed by atoms with E-state index in [2.05, 4.69) is 6.58 Å². The van der Waals surface area contributed by atoms with E-state index >= 15 is 0 Å². The Morgan fingerprint density at radius 3 is 1.86 bits per heavy atom. The third-order valence-electron chi connectivity index (χ3n) is 0.232. The first-order valence-electron chi connectivity index (χ1n) is 1.22.